The van der Waals surface area contributed by atoms with Gasteiger partial charge in [0.15, 0.2) is 6.61 Å². The van der Waals surface area contributed by atoms with Crippen molar-refractivity contribution >= 4 is 28.3 Å². The summed E-state index contributed by atoms with van der Waals surface area (Å²) in [5.74, 6) is -1.12. The molecule has 0 aromatic heterocycles. The number of benzene rings is 4. The van der Waals surface area contributed by atoms with E-state index in [1.165, 1.54) is 18.2 Å². The molecule has 0 unspecified atom stereocenters. The minimum absolute atomic E-state index is 0.160. The Balaban J connectivity index is 1.52. The van der Waals surface area contributed by atoms with Gasteiger partial charge in [-0.3, -0.25) is 4.79 Å². The van der Waals surface area contributed by atoms with Gasteiger partial charge in [-0.25, -0.2) is 4.79 Å². The maximum absolute atomic E-state index is 13.0. The first-order valence-electron chi connectivity index (χ1n) is 11.0. The average Bonchev–Trinajstić information content (AvgIpc) is 2.87. The Kier molecular flexibility index (Phi) is 6.87. The summed E-state index contributed by atoms with van der Waals surface area (Å²) in [6.45, 7) is 1.74. The average molecular weight is 477 g/mol. The molecule has 4 nitrogen and oxygen atoms in total. The van der Waals surface area contributed by atoms with E-state index in [4.69, 9.17) is 4.74 Å². The van der Waals surface area contributed by atoms with Crippen LogP contribution in [-0.4, -0.2) is 25.0 Å². The minimum atomic E-state index is -4.45. The zero-order valence-corrected chi connectivity index (χ0v) is 18.9. The largest absolute Gasteiger partial charge is 0.452 e. The smallest absolute Gasteiger partial charge is 0.416 e. The Bertz CT molecular complexity index is 1360. The van der Waals surface area contributed by atoms with E-state index in [2.05, 4.69) is 0 Å². The van der Waals surface area contributed by atoms with Gasteiger partial charge in [0.25, 0.3) is 5.91 Å². The summed E-state index contributed by atoms with van der Waals surface area (Å²) in [5.41, 5.74) is 0.952. The second kappa shape index (κ2) is 10.0. The molecular weight excluding hydrogens is 455 g/mol. The Morgan fingerprint density at radius 3 is 2.20 bits per heavy atom. The molecule has 0 aliphatic carbocycles. The summed E-state index contributed by atoms with van der Waals surface area (Å²) in [6, 6.07) is 24.3. The van der Waals surface area contributed by atoms with Gasteiger partial charge in [-0.05, 0) is 47.7 Å². The lowest BCUT2D eigenvalue weighted by molar-refractivity contribution is -0.137. The van der Waals surface area contributed by atoms with Crippen molar-refractivity contribution in [2.45, 2.75) is 13.1 Å². The monoisotopic (exact) mass is 477 g/mol. The summed E-state index contributed by atoms with van der Waals surface area (Å²) in [6.07, 6.45) is -4.45. The minimum Gasteiger partial charge on any atom is -0.452 e. The Morgan fingerprint density at radius 2 is 1.49 bits per heavy atom. The van der Waals surface area contributed by atoms with Gasteiger partial charge in [-0.2, -0.15) is 13.2 Å². The Labute approximate surface area is 200 Å². The van der Waals surface area contributed by atoms with Gasteiger partial charge in [0.2, 0.25) is 0 Å². The van der Waals surface area contributed by atoms with E-state index >= 15 is 0 Å². The highest BCUT2D eigenvalue weighted by atomic mass is 19.4. The Hall–Kier alpha value is -4.13. The molecular formula is C28H22F3NO3. The molecule has 178 valence electrons. The zero-order chi connectivity index (χ0) is 25.0. The highest BCUT2D eigenvalue weighted by molar-refractivity contribution is 6.05. The fraction of sp³-hybridized carbons (Fsp3) is 0.143. The molecule has 0 N–H and O–H groups in total. The number of hydrogen-bond donors (Lipinski definition) is 0. The molecule has 0 aliphatic rings. The summed E-state index contributed by atoms with van der Waals surface area (Å²) < 4.78 is 44.0. The van der Waals surface area contributed by atoms with Crippen LogP contribution in [0.3, 0.4) is 0 Å². The van der Waals surface area contributed by atoms with Gasteiger partial charge in [0, 0.05) is 11.9 Å². The molecule has 0 aliphatic heterocycles. The first-order chi connectivity index (χ1) is 16.8. The number of amides is 1. The zero-order valence-electron chi connectivity index (χ0n) is 18.9. The summed E-state index contributed by atoms with van der Waals surface area (Å²) in [7, 11) is 0. The standard InChI is InChI=1S/C28H22F3NO3/c1-2-32(25-13-7-9-19-8-3-4-11-23(19)25)26(33)18-35-27(34)24-12-6-5-10-22(24)20-14-16-21(17-15-20)28(29,30)31/h3-17H,2,18H2,1H3. The number of carbonyl (C=O) groups is 2. The summed E-state index contributed by atoms with van der Waals surface area (Å²) in [5, 5.41) is 1.89. The predicted octanol–water partition coefficient (Wildman–Crippen LogP) is 6.74. The molecule has 4 rings (SSSR count). The molecule has 0 spiro atoms. The van der Waals surface area contributed by atoms with E-state index in [0.717, 1.165) is 28.6 Å². The van der Waals surface area contributed by atoms with Crippen molar-refractivity contribution < 1.29 is 27.5 Å². The van der Waals surface area contributed by atoms with Crippen LogP contribution in [0.2, 0.25) is 0 Å². The van der Waals surface area contributed by atoms with Gasteiger partial charge in [-0.1, -0.05) is 66.7 Å². The van der Waals surface area contributed by atoms with Crippen molar-refractivity contribution in [2.75, 3.05) is 18.1 Å². The van der Waals surface area contributed by atoms with Crippen LogP contribution in [0.15, 0.2) is 91.0 Å². The van der Waals surface area contributed by atoms with Crippen LogP contribution in [0.25, 0.3) is 21.9 Å². The fourth-order valence-corrected chi connectivity index (χ4v) is 3.96. The maximum Gasteiger partial charge on any atom is 0.416 e. The Morgan fingerprint density at radius 1 is 0.829 bits per heavy atom. The summed E-state index contributed by atoms with van der Waals surface area (Å²) in [4.78, 5) is 27.4. The van der Waals surface area contributed by atoms with Crippen LogP contribution in [-0.2, 0) is 15.7 Å². The SMILES string of the molecule is CCN(C(=O)COC(=O)c1ccccc1-c1ccc(C(F)(F)F)cc1)c1cccc2ccccc12. The molecule has 35 heavy (non-hydrogen) atoms. The second-order valence-corrected chi connectivity index (χ2v) is 7.83. The number of carbonyl (C=O) groups excluding carboxylic acids is 2. The van der Waals surface area contributed by atoms with Crippen molar-refractivity contribution in [3.63, 3.8) is 0 Å². The number of hydrogen-bond acceptors (Lipinski definition) is 3. The molecule has 7 heteroatoms. The third-order valence-corrected chi connectivity index (χ3v) is 5.67. The highest BCUT2D eigenvalue weighted by Crippen LogP contribution is 2.32. The molecule has 1 amide bonds. The van der Waals surface area contributed by atoms with Crippen LogP contribution in [0.1, 0.15) is 22.8 Å². The van der Waals surface area contributed by atoms with E-state index < -0.39 is 24.3 Å². The third kappa shape index (κ3) is 5.19. The molecule has 0 saturated heterocycles. The topological polar surface area (TPSA) is 46.6 Å². The van der Waals surface area contributed by atoms with E-state index in [-0.39, 0.29) is 11.5 Å². The van der Waals surface area contributed by atoms with Gasteiger partial charge >= 0.3 is 12.1 Å². The number of esters is 1. The lowest BCUT2D eigenvalue weighted by atomic mass is 9.98. The van der Waals surface area contributed by atoms with Crippen molar-refractivity contribution in [3.05, 3.63) is 102 Å². The number of ether oxygens (including phenoxy) is 1. The molecule has 0 bridgehead atoms. The fourth-order valence-electron chi connectivity index (χ4n) is 3.96. The second-order valence-electron chi connectivity index (χ2n) is 7.83. The number of nitrogens with zero attached hydrogens (tertiary/aromatic N) is 1. The van der Waals surface area contributed by atoms with Gasteiger partial charge in [-0.15, -0.1) is 0 Å². The van der Waals surface area contributed by atoms with Crippen molar-refractivity contribution in [1.82, 2.24) is 0 Å². The third-order valence-electron chi connectivity index (χ3n) is 5.67. The molecule has 0 saturated carbocycles. The van der Waals surface area contributed by atoms with Gasteiger partial charge in [0.05, 0.1) is 16.8 Å². The van der Waals surface area contributed by atoms with Crippen LogP contribution >= 0.6 is 0 Å². The van der Waals surface area contributed by atoms with Crippen molar-refractivity contribution in [3.8, 4) is 11.1 Å². The van der Waals surface area contributed by atoms with E-state index in [1.54, 1.807) is 23.1 Å². The van der Waals surface area contributed by atoms with Crippen LogP contribution in [0.5, 0.6) is 0 Å². The highest BCUT2D eigenvalue weighted by Gasteiger charge is 2.30. The van der Waals surface area contributed by atoms with Gasteiger partial charge < -0.3 is 9.64 Å². The predicted molar refractivity (Wildman–Crippen MR) is 129 cm³/mol. The normalized spacial score (nSPS) is 11.3. The number of rotatable bonds is 6. The van der Waals surface area contributed by atoms with Crippen LogP contribution < -0.4 is 4.90 Å². The van der Waals surface area contributed by atoms with Crippen molar-refractivity contribution in [1.29, 1.82) is 0 Å². The molecule has 0 heterocycles. The van der Waals surface area contributed by atoms with Gasteiger partial charge in [0.1, 0.15) is 0 Å². The number of anilines is 1. The number of fused-ring (bicyclic) bond motifs is 1. The molecule has 0 radical (unpaired) electrons. The van der Waals surface area contributed by atoms with Crippen LogP contribution in [0, 0.1) is 0 Å². The molecule has 4 aromatic carbocycles. The van der Waals surface area contributed by atoms with E-state index in [0.29, 0.717) is 17.7 Å². The quantitative estimate of drug-likeness (QED) is 0.289. The molecule has 4 aromatic rings. The van der Waals surface area contributed by atoms with Crippen LogP contribution in [0.4, 0.5) is 18.9 Å². The number of alkyl halides is 3. The van der Waals surface area contributed by atoms with E-state index in [9.17, 15) is 22.8 Å². The molecule has 0 fully saturated rings. The maximum atomic E-state index is 13.0. The first-order valence-corrected chi connectivity index (χ1v) is 11.0. The molecule has 0 atom stereocenters. The van der Waals surface area contributed by atoms with E-state index in [1.807, 2.05) is 49.4 Å². The number of halogens is 3. The number of likely N-dealkylation sites (N-methyl/N-ethyl adjacent to an activating group) is 1. The van der Waals surface area contributed by atoms with Crippen molar-refractivity contribution in [2.24, 2.45) is 0 Å². The lowest BCUT2D eigenvalue weighted by Gasteiger charge is -2.22. The summed E-state index contributed by atoms with van der Waals surface area (Å²) >= 11 is 0. The lowest BCUT2D eigenvalue weighted by Crippen LogP contribution is -2.34. The first kappa shape index (κ1) is 24.0.